The lowest BCUT2D eigenvalue weighted by Gasteiger charge is -2.20. The summed E-state index contributed by atoms with van der Waals surface area (Å²) in [7, 11) is -3.37. The van der Waals surface area contributed by atoms with Gasteiger partial charge in [-0.25, -0.2) is 8.42 Å². The summed E-state index contributed by atoms with van der Waals surface area (Å²) in [6.07, 6.45) is 4.12. The van der Waals surface area contributed by atoms with E-state index < -0.39 is 10.0 Å². The van der Waals surface area contributed by atoms with Crippen molar-refractivity contribution in [2.45, 2.75) is 37.5 Å². The van der Waals surface area contributed by atoms with Gasteiger partial charge in [0, 0.05) is 18.8 Å². The van der Waals surface area contributed by atoms with Crippen molar-refractivity contribution in [3.63, 3.8) is 0 Å². The Balaban J connectivity index is 2.31. The van der Waals surface area contributed by atoms with Gasteiger partial charge < -0.3 is 5.73 Å². The van der Waals surface area contributed by atoms with Crippen molar-refractivity contribution in [1.29, 1.82) is 0 Å². The van der Waals surface area contributed by atoms with Gasteiger partial charge in [0.25, 0.3) is 0 Å². The van der Waals surface area contributed by atoms with Gasteiger partial charge in [-0.3, -0.25) is 0 Å². The molecule has 2 N–H and O–H groups in total. The van der Waals surface area contributed by atoms with Crippen LogP contribution in [0.25, 0.3) is 0 Å². The van der Waals surface area contributed by atoms with Gasteiger partial charge in [0.05, 0.1) is 4.90 Å². The van der Waals surface area contributed by atoms with Crippen LogP contribution in [0.2, 0.25) is 0 Å². The number of aryl methyl sites for hydroxylation is 1. The number of rotatable bonds is 2. The summed E-state index contributed by atoms with van der Waals surface area (Å²) in [6.45, 7) is 3.11. The Morgan fingerprint density at radius 2 is 1.72 bits per heavy atom. The van der Waals surface area contributed by atoms with Crippen LogP contribution in [-0.4, -0.2) is 25.8 Å². The molecule has 1 aromatic rings. The van der Waals surface area contributed by atoms with Gasteiger partial charge in [-0.1, -0.05) is 18.9 Å². The first-order chi connectivity index (χ1) is 8.51. The molecule has 0 radical (unpaired) electrons. The molecule has 0 aliphatic carbocycles. The largest absolute Gasteiger partial charge is 0.398 e. The Labute approximate surface area is 109 Å². The molecule has 0 atom stereocenters. The lowest BCUT2D eigenvalue weighted by Crippen LogP contribution is -2.32. The molecule has 0 aromatic heterocycles. The van der Waals surface area contributed by atoms with Crippen molar-refractivity contribution < 1.29 is 8.42 Å². The Kier molecular flexibility index (Phi) is 3.92. The molecule has 1 fully saturated rings. The van der Waals surface area contributed by atoms with Crippen LogP contribution in [-0.2, 0) is 10.0 Å². The highest BCUT2D eigenvalue weighted by molar-refractivity contribution is 7.89. The van der Waals surface area contributed by atoms with Crippen LogP contribution >= 0.6 is 0 Å². The number of anilines is 1. The van der Waals surface area contributed by atoms with Crippen molar-refractivity contribution in [3.05, 3.63) is 23.8 Å². The van der Waals surface area contributed by atoms with Gasteiger partial charge >= 0.3 is 0 Å². The van der Waals surface area contributed by atoms with Crippen LogP contribution in [0.4, 0.5) is 5.69 Å². The summed E-state index contributed by atoms with van der Waals surface area (Å²) in [5.41, 5.74) is 7.24. The van der Waals surface area contributed by atoms with Gasteiger partial charge in [-0.15, -0.1) is 0 Å². The smallest absolute Gasteiger partial charge is 0.243 e. The topological polar surface area (TPSA) is 63.4 Å². The third-order valence-corrected chi connectivity index (χ3v) is 5.35. The number of nitrogens with two attached hydrogens (primary N) is 1. The van der Waals surface area contributed by atoms with E-state index in [-0.39, 0.29) is 0 Å². The van der Waals surface area contributed by atoms with E-state index in [0.717, 1.165) is 31.2 Å². The van der Waals surface area contributed by atoms with Gasteiger partial charge in [-0.2, -0.15) is 4.31 Å². The van der Waals surface area contributed by atoms with E-state index in [1.165, 1.54) is 0 Å². The maximum absolute atomic E-state index is 12.5. The van der Waals surface area contributed by atoms with E-state index in [1.807, 2.05) is 6.92 Å². The Hall–Kier alpha value is -1.07. The maximum atomic E-state index is 12.5. The molecular formula is C13H20N2O2S. The molecule has 1 aliphatic heterocycles. The van der Waals surface area contributed by atoms with Crippen LogP contribution in [0.15, 0.2) is 23.1 Å². The second-order valence-electron chi connectivity index (χ2n) is 4.84. The zero-order chi connectivity index (χ0) is 13.2. The first kappa shape index (κ1) is 13.4. The van der Waals surface area contributed by atoms with Crippen LogP contribution < -0.4 is 5.73 Å². The Morgan fingerprint density at radius 3 is 2.28 bits per heavy atom. The number of nitrogen functional groups attached to an aromatic ring is 1. The second kappa shape index (κ2) is 5.28. The molecule has 0 saturated carbocycles. The number of hydrogen-bond donors (Lipinski definition) is 1. The van der Waals surface area contributed by atoms with Gasteiger partial charge in [0.1, 0.15) is 0 Å². The third kappa shape index (κ3) is 2.67. The number of sulfonamides is 1. The molecule has 0 amide bonds. The molecule has 5 heteroatoms. The third-order valence-electron chi connectivity index (χ3n) is 3.45. The molecule has 2 rings (SSSR count). The fourth-order valence-electron chi connectivity index (χ4n) is 2.21. The summed E-state index contributed by atoms with van der Waals surface area (Å²) in [5.74, 6) is 0. The van der Waals surface area contributed by atoms with Crippen molar-refractivity contribution in [1.82, 2.24) is 4.31 Å². The fraction of sp³-hybridized carbons (Fsp3) is 0.538. The zero-order valence-corrected chi connectivity index (χ0v) is 11.5. The summed E-state index contributed by atoms with van der Waals surface area (Å²) in [6, 6.07) is 4.97. The first-order valence-corrected chi connectivity index (χ1v) is 7.82. The van der Waals surface area contributed by atoms with Crippen molar-refractivity contribution in [3.8, 4) is 0 Å². The van der Waals surface area contributed by atoms with Crippen molar-refractivity contribution in [2.75, 3.05) is 18.8 Å². The highest BCUT2D eigenvalue weighted by atomic mass is 32.2. The highest BCUT2D eigenvalue weighted by Gasteiger charge is 2.25. The zero-order valence-electron chi connectivity index (χ0n) is 10.7. The molecule has 100 valence electrons. The molecule has 0 spiro atoms. The summed E-state index contributed by atoms with van der Waals surface area (Å²) >= 11 is 0. The fourth-order valence-corrected chi connectivity index (χ4v) is 3.76. The normalized spacial score (nSPS) is 18.5. The minimum atomic E-state index is -3.37. The van der Waals surface area contributed by atoms with Crippen LogP contribution in [0, 0.1) is 6.92 Å². The summed E-state index contributed by atoms with van der Waals surface area (Å²) < 4.78 is 26.5. The van der Waals surface area contributed by atoms with Crippen LogP contribution in [0.3, 0.4) is 0 Å². The Bertz CT molecular complexity index is 518. The number of nitrogens with zero attached hydrogens (tertiary/aromatic N) is 1. The molecule has 1 aliphatic rings. The van der Waals surface area contributed by atoms with Crippen molar-refractivity contribution >= 4 is 15.7 Å². The van der Waals surface area contributed by atoms with Gasteiger partial charge in [-0.05, 0) is 37.5 Å². The molecule has 1 heterocycles. The highest BCUT2D eigenvalue weighted by Crippen LogP contribution is 2.23. The van der Waals surface area contributed by atoms with Gasteiger partial charge in [0.15, 0.2) is 0 Å². The maximum Gasteiger partial charge on any atom is 0.243 e. The Morgan fingerprint density at radius 1 is 1.11 bits per heavy atom. The summed E-state index contributed by atoms with van der Waals surface area (Å²) in [4.78, 5) is 0.313. The standard InChI is InChI=1S/C13H20N2O2S/c1-11-6-7-12(10-13(11)14)18(16,17)15-8-4-2-3-5-9-15/h6-7,10H,2-5,8-9,14H2,1H3. The minimum absolute atomic E-state index is 0.313. The monoisotopic (exact) mass is 268 g/mol. The lowest BCUT2D eigenvalue weighted by molar-refractivity contribution is 0.424. The average molecular weight is 268 g/mol. The van der Waals surface area contributed by atoms with Crippen LogP contribution in [0.5, 0.6) is 0 Å². The molecule has 0 bridgehead atoms. The molecule has 18 heavy (non-hydrogen) atoms. The van der Waals surface area contributed by atoms with E-state index >= 15 is 0 Å². The van der Waals surface area contributed by atoms with Gasteiger partial charge in [0.2, 0.25) is 10.0 Å². The molecule has 0 unspecified atom stereocenters. The lowest BCUT2D eigenvalue weighted by atomic mass is 10.2. The average Bonchev–Trinajstić information content (AvgIpc) is 2.61. The second-order valence-corrected chi connectivity index (χ2v) is 6.77. The molecule has 4 nitrogen and oxygen atoms in total. The van der Waals surface area contributed by atoms with E-state index in [4.69, 9.17) is 5.73 Å². The predicted molar refractivity (Wildman–Crippen MR) is 72.8 cm³/mol. The van der Waals surface area contributed by atoms with E-state index in [1.54, 1.807) is 22.5 Å². The molecular weight excluding hydrogens is 248 g/mol. The van der Waals surface area contributed by atoms with Crippen molar-refractivity contribution in [2.24, 2.45) is 0 Å². The SMILES string of the molecule is Cc1ccc(S(=O)(=O)N2CCCCCC2)cc1N. The molecule has 1 saturated heterocycles. The number of hydrogen-bond acceptors (Lipinski definition) is 3. The van der Waals surface area contributed by atoms with E-state index in [2.05, 4.69) is 0 Å². The quantitative estimate of drug-likeness (QED) is 0.836. The minimum Gasteiger partial charge on any atom is -0.398 e. The molecule has 1 aromatic carbocycles. The van der Waals surface area contributed by atoms with Crippen LogP contribution in [0.1, 0.15) is 31.2 Å². The predicted octanol–water partition coefficient (Wildman–Crippen LogP) is 2.14. The number of benzene rings is 1. The van der Waals surface area contributed by atoms with E-state index in [0.29, 0.717) is 23.7 Å². The first-order valence-electron chi connectivity index (χ1n) is 6.38. The van der Waals surface area contributed by atoms with E-state index in [9.17, 15) is 8.42 Å². The summed E-state index contributed by atoms with van der Waals surface area (Å²) in [5, 5.41) is 0.